The third kappa shape index (κ3) is 3.50. The van der Waals surface area contributed by atoms with Gasteiger partial charge in [-0.25, -0.2) is 4.98 Å². The summed E-state index contributed by atoms with van der Waals surface area (Å²) in [7, 11) is 0. The van der Waals surface area contributed by atoms with Crippen molar-refractivity contribution in [2.24, 2.45) is 0 Å². The van der Waals surface area contributed by atoms with Crippen LogP contribution in [0.3, 0.4) is 0 Å². The molecule has 35 heavy (non-hydrogen) atoms. The van der Waals surface area contributed by atoms with Crippen LogP contribution in [0.2, 0.25) is 0 Å². The Balaban J connectivity index is 1.74. The van der Waals surface area contributed by atoms with Gasteiger partial charge >= 0.3 is 0 Å². The van der Waals surface area contributed by atoms with Crippen LogP contribution in [0.4, 0.5) is 0 Å². The van der Waals surface area contributed by atoms with Gasteiger partial charge in [0.05, 0.1) is 5.56 Å². The Morgan fingerprint density at radius 3 is 1.89 bits per heavy atom. The lowest BCUT2D eigenvalue weighted by Gasteiger charge is -2.20. The van der Waals surface area contributed by atoms with Crippen molar-refractivity contribution in [3.8, 4) is 34.1 Å². The van der Waals surface area contributed by atoms with Crippen LogP contribution < -0.4 is 0 Å². The zero-order chi connectivity index (χ0) is 24.3. The van der Waals surface area contributed by atoms with E-state index in [1.165, 1.54) is 5.56 Å². The monoisotopic (exact) mass is 459 g/mol. The minimum absolute atomic E-state index is 0.0452. The highest BCUT2D eigenvalue weighted by Crippen LogP contribution is 2.45. The van der Waals surface area contributed by atoms with Crippen molar-refractivity contribution in [3.05, 3.63) is 90.5 Å². The molecule has 0 unspecified atom stereocenters. The summed E-state index contributed by atoms with van der Waals surface area (Å²) in [6.45, 7) is 6.59. The second-order valence-corrected chi connectivity index (χ2v) is 10.0. The van der Waals surface area contributed by atoms with E-state index < -0.39 is 0 Å². The van der Waals surface area contributed by atoms with Crippen molar-refractivity contribution in [3.63, 3.8) is 0 Å². The fourth-order valence-corrected chi connectivity index (χ4v) is 4.86. The minimum Gasteiger partial charge on any atom is -0.508 e. The number of aromatic nitrogens is 1. The van der Waals surface area contributed by atoms with Crippen LogP contribution in [-0.4, -0.2) is 15.2 Å². The summed E-state index contributed by atoms with van der Waals surface area (Å²) in [5, 5.41) is 24.5. The van der Waals surface area contributed by atoms with Crippen molar-refractivity contribution >= 4 is 32.6 Å². The van der Waals surface area contributed by atoms with Crippen molar-refractivity contribution in [2.75, 3.05) is 0 Å². The van der Waals surface area contributed by atoms with Gasteiger partial charge in [0, 0.05) is 0 Å². The highest BCUT2D eigenvalue weighted by molar-refractivity contribution is 6.21. The number of phenolic OH excluding ortho intramolecular Hbond substituents is 2. The maximum absolute atomic E-state index is 10.5. The first kappa shape index (κ1) is 21.2. The Hall–Kier alpha value is -4.31. The minimum atomic E-state index is 0.0452. The van der Waals surface area contributed by atoms with Gasteiger partial charge in [0.15, 0.2) is 5.58 Å². The van der Waals surface area contributed by atoms with Gasteiger partial charge in [0.1, 0.15) is 17.0 Å². The molecule has 0 radical (unpaired) electrons. The first-order valence-electron chi connectivity index (χ1n) is 11.7. The van der Waals surface area contributed by atoms with Gasteiger partial charge in [-0.2, -0.15) is 0 Å². The molecule has 0 aliphatic heterocycles. The number of benzene rings is 5. The first-order chi connectivity index (χ1) is 16.8. The van der Waals surface area contributed by atoms with Crippen LogP contribution in [0.15, 0.2) is 89.3 Å². The molecule has 0 spiro atoms. The molecule has 0 amide bonds. The maximum Gasteiger partial charge on any atom is 0.228 e. The molecule has 0 saturated heterocycles. The number of hydrogen-bond acceptors (Lipinski definition) is 4. The zero-order valence-electron chi connectivity index (χ0n) is 19.8. The smallest absolute Gasteiger partial charge is 0.228 e. The highest BCUT2D eigenvalue weighted by atomic mass is 16.3. The van der Waals surface area contributed by atoms with Crippen molar-refractivity contribution in [1.29, 1.82) is 0 Å². The van der Waals surface area contributed by atoms with E-state index in [4.69, 9.17) is 9.40 Å². The molecule has 0 bridgehead atoms. The van der Waals surface area contributed by atoms with Crippen molar-refractivity contribution < 1.29 is 14.6 Å². The van der Waals surface area contributed by atoms with E-state index in [1.54, 1.807) is 24.3 Å². The lowest BCUT2D eigenvalue weighted by molar-refractivity contribution is 0.475. The molecule has 0 atom stereocenters. The highest BCUT2D eigenvalue weighted by Gasteiger charge is 2.21. The second kappa shape index (κ2) is 7.60. The van der Waals surface area contributed by atoms with Crippen LogP contribution >= 0.6 is 0 Å². The maximum atomic E-state index is 10.5. The molecule has 4 heteroatoms. The van der Waals surface area contributed by atoms with E-state index >= 15 is 0 Å². The Labute approximate surface area is 203 Å². The Morgan fingerprint density at radius 2 is 1.26 bits per heavy atom. The quantitative estimate of drug-likeness (QED) is 0.256. The average molecular weight is 460 g/mol. The third-order valence-electron chi connectivity index (χ3n) is 6.63. The molecule has 172 valence electrons. The van der Waals surface area contributed by atoms with Crippen LogP contribution in [0.25, 0.3) is 55.2 Å². The van der Waals surface area contributed by atoms with Crippen LogP contribution in [0, 0.1) is 0 Å². The number of rotatable bonds is 2. The van der Waals surface area contributed by atoms with Gasteiger partial charge in [-0.3, -0.25) is 0 Å². The number of fused-ring (bicyclic) bond motifs is 3. The molecule has 6 rings (SSSR count). The molecule has 0 fully saturated rings. The Bertz CT molecular complexity index is 1710. The summed E-state index contributed by atoms with van der Waals surface area (Å²) in [6, 6.07) is 27.0. The van der Waals surface area contributed by atoms with E-state index in [0.717, 1.165) is 43.8 Å². The second-order valence-electron chi connectivity index (χ2n) is 10.0. The number of hydrogen-bond donors (Lipinski definition) is 2. The molecule has 0 saturated carbocycles. The molecule has 0 aliphatic rings. The number of para-hydroxylation sites is 2. The predicted octanol–water partition coefficient (Wildman–Crippen LogP) is 8.18. The zero-order valence-corrected chi connectivity index (χ0v) is 19.8. The fraction of sp³-hybridized carbons (Fsp3) is 0.129. The average Bonchev–Trinajstić information content (AvgIpc) is 3.26. The van der Waals surface area contributed by atoms with Gasteiger partial charge in [-0.1, -0.05) is 63.2 Å². The van der Waals surface area contributed by atoms with Gasteiger partial charge in [0.2, 0.25) is 5.89 Å². The summed E-state index contributed by atoms with van der Waals surface area (Å²) >= 11 is 0. The molecule has 5 aromatic carbocycles. The molecular weight excluding hydrogens is 434 g/mol. The number of nitrogens with zero attached hydrogens (tertiary/aromatic N) is 1. The van der Waals surface area contributed by atoms with E-state index in [9.17, 15) is 10.2 Å². The molecule has 1 aromatic heterocycles. The third-order valence-corrected chi connectivity index (χ3v) is 6.63. The first-order valence-corrected chi connectivity index (χ1v) is 11.7. The lowest BCUT2D eigenvalue weighted by Crippen LogP contribution is -2.10. The van der Waals surface area contributed by atoms with E-state index in [2.05, 4.69) is 45.0 Å². The molecule has 4 nitrogen and oxygen atoms in total. The van der Waals surface area contributed by atoms with E-state index in [-0.39, 0.29) is 16.9 Å². The van der Waals surface area contributed by atoms with E-state index in [0.29, 0.717) is 11.5 Å². The number of phenols is 2. The van der Waals surface area contributed by atoms with E-state index in [1.807, 2.05) is 36.4 Å². The van der Waals surface area contributed by atoms with Crippen LogP contribution in [-0.2, 0) is 5.41 Å². The summed E-state index contributed by atoms with van der Waals surface area (Å²) in [5.74, 6) is 0.834. The fourth-order valence-electron chi connectivity index (χ4n) is 4.86. The van der Waals surface area contributed by atoms with Gasteiger partial charge in [-0.15, -0.1) is 0 Å². The van der Waals surface area contributed by atoms with Crippen molar-refractivity contribution in [1.82, 2.24) is 4.98 Å². The molecular formula is C31H25NO3. The predicted molar refractivity (Wildman–Crippen MR) is 142 cm³/mol. The van der Waals surface area contributed by atoms with Gasteiger partial charge in [-0.05, 0) is 86.1 Å². The normalized spacial score (nSPS) is 12.1. The Morgan fingerprint density at radius 1 is 0.657 bits per heavy atom. The number of aromatic hydroxyl groups is 2. The van der Waals surface area contributed by atoms with Crippen LogP contribution in [0.5, 0.6) is 11.5 Å². The summed E-state index contributed by atoms with van der Waals surface area (Å²) in [4.78, 5) is 4.77. The molecule has 1 heterocycles. The van der Waals surface area contributed by atoms with Gasteiger partial charge < -0.3 is 14.6 Å². The topological polar surface area (TPSA) is 66.5 Å². The SMILES string of the molecule is CC(C)(C)c1ccc(-c2c3cc(O)ccc3c(-c3nc4ccccc4o3)c3cc(O)ccc23)cc1. The van der Waals surface area contributed by atoms with Crippen LogP contribution in [0.1, 0.15) is 26.3 Å². The lowest BCUT2D eigenvalue weighted by atomic mass is 9.84. The standard InChI is InChI=1S/C31H25NO3/c1-31(2,3)19-10-8-18(9-11-19)28-22-14-12-21(34)17-25(22)29(23-15-13-20(33)16-24(23)28)30-32-26-6-4-5-7-27(26)35-30/h4-17,33-34H,1-3H3. The summed E-state index contributed by atoms with van der Waals surface area (Å²) < 4.78 is 6.18. The number of oxazole rings is 1. The van der Waals surface area contributed by atoms with Gasteiger partial charge in [0.25, 0.3) is 0 Å². The summed E-state index contributed by atoms with van der Waals surface area (Å²) in [6.07, 6.45) is 0. The molecule has 0 aliphatic carbocycles. The largest absolute Gasteiger partial charge is 0.508 e. The van der Waals surface area contributed by atoms with Crippen molar-refractivity contribution in [2.45, 2.75) is 26.2 Å². The Kier molecular flexibility index (Phi) is 4.61. The summed E-state index contributed by atoms with van der Waals surface area (Å²) in [5.41, 5.74) is 5.58. The molecule has 6 aromatic rings. The molecule has 2 N–H and O–H groups in total.